The maximum Gasteiger partial charge on any atom is 0.343 e. The Morgan fingerprint density at radius 2 is 1.63 bits per heavy atom. The van der Waals surface area contributed by atoms with Gasteiger partial charge in [-0.1, -0.05) is 48.8 Å². The summed E-state index contributed by atoms with van der Waals surface area (Å²) in [7, 11) is 0. The summed E-state index contributed by atoms with van der Waals surface area (Å²) < 4.78 is 57.1. The minimum absolute atomic E-state index is 0.0143. The van der Waals surface area contributed by atoms with E-state index in [1.54, 1.807) is 32.9 Å². The highest BCUT2D eigenvalue weighted by Crippen LogP contribution is 2.69. The van der Waals surface area contributed by atoms with Crippen LogP contribution in [-0.2, 0) is 39.7 Å². The molecule has 0 aromatic heterocycles. The summed E-state index contributed by atoms with van der Waals surface area (Å²) in [6.07, 6.45) is 9.13. The van der Waals surface area contributed by atoms with E-state index >= 15 is 9.59 Å². The van der Waals surface area contributed by atoms with Gasteiger partial charge in [-0.25, -0.2) is 9.59 Å². The number of hydrogen-bond acceptors (Lipinski definition) is 15. The molecule has 5 unspecified atom stereocenters. The average Bonchev–Trinajstić information content (AvgIpc) is 3.48. The number of fused-ring (bicyclic) bond motifs is 3. The quantitative estimate of drug-likeness (QED) is 0.0564. The fourth-order valence-corrected chi connectivity index (χ4v) is 11.6. The Bertz CT molecular complexity index is 2730. The molecule has 2 aromatic carbocycles. The monoisotopic (exact) mass is 1010 g/mol. The van der Waals surface area contributed by atoms with Crippen molar-refractivity contribution < 1.29 is 72.0 Å². The fraction of sp³-hybridized carbons (Fsp3) is 0.552. The van der Waals surface area contributed by atoms with Gasteiger partial charge < -0.3 is 52.8 Å². The highest BCUT2D eigenvalue weighted by atomic mass is 16.8. The second-order valence-corrected chi connectivity index (χ2v) is 22.3. The first-order chi connectivity index (χ1) is 34.4. The molecule has 15 nitrogen and oxygen atoms in total. The standard InChI is InChI=1S/C58H70O15/c1-12-13-27-65-51(63)33(6)22-26-57-50(62)35-28-39-43(59)42-47(69-52(64)34-17-19-36(20-18-34)67-53-45(61)44(60)49-40(68-53)30-66-55(9,10)70-49)38-23-25-56(11,24-14-15-31(2)3)71-46(38)37(21-16-32(4)5)48(42)72-58(39,57)41(29-35)54(7,8)73-57/h15-20,22-23,25,28,35,40-41,44-45,49,53,60-61H,12-14,21,24,26-27,29-30H2,1-11H3/b33-22-/t35?,40-,41?,44+,45-,49-,53-,56?,57?,58?/m1/s1. The Labute approximate surface area is 427 Å². The van der Waals surface area contributed by atoms with Crippen LogP contribution < -0.4 is 18.9 Å². The van der Waals surface area contributed by atoms with Gasteiger partial charge in [-0.05, 0) is 138 Å². The molecule has 10 rings (SSSR count). The Kier molecular flexibility index (Phi) is 13.9. The summed E-state index contributed by atoms with van der Waals surface area (Å²) in [4.78, 5) is 58.7. The summed E-state index contributed by atoms with van der Waals surface area (Å²) >= 11 is 0. The van der Waals surface area contributed by atoms with E-state index in [0.717, 1.165) is 12.0 Å². The highest BCUT2D eigenvalue weighted by Gasteiger charge is 2.81. The van der Waals surface area contributed by atoms with Crippen LogP contribution in [0, 0.1) is 11.8 Å². The van der Waals surface area contributed by atoms with Crippen molar-refractivity contribution in [1.82, 2.24) is 0 Å². The van der Waals surface area contributed by atoms with Gasteiger partial charge in [-0.2, -0.15) is 0 Å². The summed E-state index contributed by atoms with van der Waals surface area (Å²) in [5.41, 5.74) is -1.41. The zero-order valence-corrected chi connectivity index (χ0v) is 43.9. The Morgan fingerprint density at radius 1 is 0.904 bits per heavy atom. The molecule has 5 aliphatic heterocycles. The number of unbranched alkanes of at least 4 members (excludes halogenated alkanes) is 1. The van der Waals surface area contributed by atoms with Gasteiger partial charge in [0.25, 0.3) is 0 Å². The molecule has 2 aromatic rings. The lowest BCUT2D eigenvalue weighted by Crippen LogP contribution is -2.72. The predicted molar refractivity (Wildman–Crippen MR) is 268 cm³/mol. The lowest BCUT2D eigenvalue weighted by atomic mass is 9.51. The van der Waals surface area contributed by atoms with E-state index in [4.69, 9.17) is 42.6 Å². The number of carbonyl (C=O) groups is 4. The van der Waals surface area contributed by atoms with Crippen molar-refractivity contribution in [3.8, 4) is 23.0 Å². The number of ketones is 2. The number of Topliss-reactive ketones (excluding diaryl/α,β-unsaturated/α-hetero) is 2. The van der Waals surface area contributed by atoms with Crippen LogP contribution in [0.15, 0.2) is 76.9 Å². The smallest absolute Gasteiger partial charge is 0.343 e. The molecular weight excluding hydrogens is 937 g/mol. The molecule has 73 heavy (non-hydrogen) atoms. The Morgan fingerprint density at radius 3 is 2.33 bits per heavy atom. The maximum atomic E-state index is 15.9. The van der Waals surface area contributed by atoms with E-state index in [2.05, 4.69) is 6.08 Å². The number of ether oxygens (including phenoxy) is 9. The molecule has 3 saturated heterocycles. The van der Waals surface area contributed by atoms with Gasteiger partial charge in [0.05, 0.1) is 29.9 Å². The third-order valence-corrected chi connectivity index (χ3v) is 15.4. The zero-order chi connectivity index (χ0) is 52.6. The van der Waals surface area contributed by atoms with E-state index in [1.165, 1.54) is 29.8 Å². The number of aliphatic hydroxyl groups is 2. The van der Waals surface area contributed by atoms with Crippen LogP contribution >= 0.6 is 0 Å². The van der Waals surface area contributed by atoms with Crippen molar-refractivity contribution >= 4 is 29.6 Å². The normalized spacial score (nSPS) is 31.9. The van der Waals surface area contributed by atoms with E-state index in [-0.39, 0.29) is 65.8 Å². The molecular formula is C58H70O15. The first kappa shape index (κ1) is 52.4. The van der Waals surface area contributed by atoms with Gasteiger partial charge in [0.1, 0.15) is 52.8 Å². The molecule has 4 bridgehead atoms. The van der Waals surface area contributed by atoms with Gasteiger partial charge in [0.15, 0.2) is 34.3 Å². The summed E-state index contributed by atoms with van der Waals surface area (Å²) in [5, 5.41) is 22.0. The van der Waals surface area contributed by atoms with E-state index in [9.17, 15) is 19.8 Å². The van der Waals surface area contributed by atoms with Gasteiger partial charge >= 0.3 is 11.9 Å². The molecule has 1 saturated carbocycles. The highest BCUT2D eigenvalue weighted by molar-refractivity contribution is 6.19. The van der Waals surface area contributed by atoms with Crippen molar-refractivity contribution in [2.45, 2.75) is 180 Å². The third-order valence-electron chi connectivity index (χ3n) is 15.4. The molecule has 1 spiro atoms. The average molecular weight is 1010 g/mol. The number of carbonyl (C=O) groups excluding carboxylic acids is 4. The van der Waals surface area contributed by atoms with E-state index < -0.39 is 88.5 Å². The van der Waals surface area contributed by atoms with Crippen LogP contribution in [0.5, 0.6) is 23.0 Å². The topological polar surface area (TPSA) is 192 Å². The minimum Gasteiger partial charge on any atom is -0.482 e. The largest absolute Gasteiger partial charge is 0.482 e. The number of rotatable bonds is 15. The van der Waals surface area contributed by atoms with Gasteiger partial charge in [0.2, 0.25) is 6.29 Å². The maximum absolute atomic E-state index is 15.9. The Balaban J connectivity index is 1.13. The first-order valence-corrected chi connectivity index (χ1v) is 25.7. The lowest BCUT2D eigenvalue weighted by molar-refractivity contribution is -0.373. The molecule has 392 valence electrons. The number of benzene rings is 2. The molecule has 5 heterocycles. The van der Waals surface area contributed by atoms with Crippen LogP contribution in [0.25, 0.3) is 6.08 Å². The van der Waals surface area contributed by atoms with Crippen molar-refractivity contribution in [3.05, 3.63) is 99.2 Å². The minimum atomic E-state index is -1.72. The van der Waals surface area contributed by atoms with Gasteiger partial charge in [0, 0.05) is 35.0 Å². The van der Waals surface area contributed by atoms with Crippen molar-refractivity contribution in [3.63, 3.8) is 0 Å². The molecule has 8 aliphatic rings. The zero-order valence-electron chi connectivity index (χ0n) is 43.9. The Hall–Kier alpha value is -5.42. The molecule has 0 radical (unpaired) electrons. The molecule has 2 N–H and O–H groups in total. The van der Waals surface area contributed by atoms with Crippen molar-refractivity contribution in [1.29, 1.82) is 0 Å². The molecule has 4 fully saturated rings. The number of esters is 2. The number of aliphatic hydroxyl groups excluding tert-OH is 2. The van der Waals surface area contributed by atoms with Crippen molar-refractivity contribution in [2.75, 3.05) is 13.2 Å². The number of hydrogen-bond donors (Lipinski definition) is 2. The number of allylic oxidation sites excluding steroid dienone is 5. The summed E-state index contributed by atoms with van der Waals surface area (Å²) in [5.74, 6) is -3.51. The van der Waals surface area contributed by atoms with Crippen LogP contribution in [0.4, 0.5) is 0 Å². The summed E-state index contributed by atoms with van der Waals surface area (Å²) in [6.45, 7) is 21.3. The van der Waals surface area contributed by atoms with E-state index in [0.29, 0.717) is 48.1 Å². The van der Waals surface area contributed by atoms with Gasteiger partial charge in [-0.15, -0.1) is 0 Å². The fourth-order valence-electron chi connectivity index (χ4n) is 11.6. The SMILES string of the molecule is CCCCOC(=O)/C(C)=C\CC12OC(C)(C)C3CC(C=C4C(=O)c5c(OC(=O)c6ccc(O[C@@H]7O[C@@H]8COC(C)(C)O[C@H]8[C@@H](O)[C@H]7O)cc6)c6c(c(CC=C(C)C)c5OC431)OC(C)(CCC=C(C)C)C=C6)C2=O. The molecule has 15 heteroatoms. The lowest BCUT2D eigenvalue weighted by Gasteiger charge is -2.56. The van der Waals surface area contributed by atoms with Crippen LogP contribution in [0.2, 0.25) is 0 Å². The van der Waals surface area contributed by atoms with Crippen LogP contribution in [0.3, 0.4) is 0 Å². The van der Waals surface area contributed by atoms with Crippen LogP contribution in [-0.4, -0.2) is 106 Å². The second kappa shape index (κ2) is 19.4. The third kappa shape index (κ3) is 9.22. The second-order valence-electron chi connectivity index (χ2n) is 22.3. The summed E-state index contributed by atoms with van der Waals surface area (Å²) in [6, 6.07) is 5.97. The molecule has 10 atom stereocenters. The first-order valence-electron chi connectivity index (χ1n) is 25.7. The van der Waals surface area contributed by atoms with Crippen molar-refractivity contribution in [2.24, 2.45) is 11.8 Å². The van der Waals surface area contributed by atoms with Crippen LogP contribution in [0.1, 0.15) is 147 Å². The molecule has 3 aliphatic carbocycles. The predicted octanol–water partition coefficient (Wildman–Crippen LogP) is 8.99. The van der Waals surface area contributed by atoms with E-state index in [1.807, 2.05) is 73.6 Å². The molecule has 0 amide bonds. The van der Waals surface area contributed by atoms with Gasteiger partial charge in [-0.3, -0.25) is 9.59 Å².